The van der Waals surface area contributed by atoms with Crippen LogP contribution in [0, 0.1) is 0 Å². The number of nitrogens with zero attached hydrogens (tertiary/aromatic N) is 1. The Hall–Kier alpha value is -1.06. The zero-order valence-electron chi connectivity index (χ0n) is 9.20. The van der Waals surface area contributed by atoms with Crippen LogP contribution in [0.2, 0.25) is 5.02 Å². The molecule has 0 spiro atoms. The Morgan fingerprint density at radius 1 is 1.50 bits per heavy atom. The smallest absolute Gasteiger partial charge is 0.153 e. The molecule has 86 valence electrons. The molecule has 1 atom stereocenters. The summed E-state index contributed by atoms with van der Waals surface area (Å²) < 4.78 is 0. The summed E-state index contributed by atoms with van der Waals surface area (Å²) in [5.41, 5.74) is 4.21. The van der Waals surface area contributed by atoms with Gasteiger partial charge < -0.3 is 0 Å². The number of hydroxylamine groups is 1. The van der Waals surface area contributed by atoms with Crippen LogP contribution in [0.1, 0.15) is 43.4 Å². The van der Waals surface area contributed by atoms with Gasteiger partial charge in [-0.05, 0) is 30.2 Å². The first-order valence-electron chi connectivity index (χ1n) is 5.54. The number of amidine groups is 1. The summed E-state index contributed by atoms with van der Waals surface area (Å²) in [6.07, 6.45) is 3.26. The van der Waals surface area contributed by atoms with E-state index < -0.39 is 0 Å². The first-order valence-corrected chi connectivity index (χ1v) is 5.91. The Morgan fingerprint density at radius 2 is 2.31 bits per heavy atom. The molecule has 2 rings (SSSR count). The Labute approximate surface area is 100 Å². The second kappa shape index (κ2) is 4.85. The van der Waals surface area contributed by atoms with Crippen LogP contribution in [0.5, 0.6) is 0 Å². The fourth-order valence-corrected chi connectivity index (χ4v) is 2.21. The molecule has 0 saturated carbocycles. The molecule has 16 heavy (non-hydrogen) atoms. The molecule has 0 amide bonds. The topological polar surface area (TPSA) is 44.6 Å². The lowest BCUT2D eigenvalue weighted by Crippen LogP contribution is -2.18. The van der Waals surface area contributed by atoms with Crippen LogP contribution in [0.3, 0.4) is 0 Å². The quantitative estimate of drug-likeness (QED) is 0.794. The van der Waals surface area contributed by atoms with E-state index in [-0.39, 0.29) is 6.04 Å². The summed E-state index contributed by atoms with van der Waals surface area (Å²) >= 11 is 5.98. The van der Waals surface area contributed by atoms with Crippen LogP contribution in [0.4, 0.5) is 0 Å². The van der Waals surface area contributed by atoms with Gasteiger partial charge in [0.25, 0.3) is 0 Å². The summed E-state index contributed by atoms with van der Waals surface area (Å²) in [6.45, 7) is 2.16. The largest absolute Gasteiger partial charge is 0.290 e. The molecular formula is C12H15ClN2O. The number of hydrogen-bond donors (Lipinski definition) is 2. The minimum Gasteiger partial charge on any atom is -0.290 e. The van der Waals surface area contributed by atoms with Crippen molar-refractivity contribution in [3.63, 3.8) is 0 Å². The van der Waals surface area contributed by atoms with Gasteiger partial charge in [-0.25, -0.2) is 0 Å². The molecule has 0 fully saturated rings. The van der Waals surface area contributed by atoms with Crippen molar-refractivity contribution in [2.75, 3.05) is 0 Å². The zero-order chi connectivity index (χ0) is 11.5. The second-order valence-electron chi connectivity index (χ2n) is 3.98. The van der Waals surface area contributed by atoms with Crippen molar-refractivity contribution in [2.45, 2.75) is 32.2 Å². The van der Waals surface area contributed by atoms with Crippen LogP contribution < -0.4 is 5.48 Å². The molecule has 0 aromatic heterocycles. The van der Waals surface area contributed by atoms with Gasteiger partial charge in [0.05, 0.1) is 6.04 Å². The Kier molecular flexibility index (Phi) is 3.46. The Morgan fingerprint density at radius 3 is 3.00 bits per heavy atom. The lowest BCUT2D eigenvalue weighted by atomic mass is 9.99. The van der Waals surface area contributed by atoms with Crippen molar-refractivity contribution in [1.29, 1.82) is 0 Å². The molecule has 0 aliphatic carbocycles. The van der Waals surface area contributed by atoms with Crippen molar-refractivity contribution >= 4 is 17.4 Å². The molecule has 1 unspecified atom stereocenters. The first kappa shape index (κ1) is 11.4. The average Bonchev–Trinajstić information content (AvgIpc) is 2.64. The van der Waals surface area contributed by atoms with Crippen LogP contribution >= 0.6 is 11.6 Å². The van der Waals surface area contributed by atoms with Gasteiger partial charge in [0.2, 0.25) is 0 Å². The maximum absolute atomic E-state index is 9.01. The van der Waals surface area contributed by atoms with E-state index in [1.165, 1.54) is 0 Å². The standard InChI is InChI=1S/C12H15ClN2O/c1-2-3-4-11-10-7-8(13)5-6-9(10)12(14-11)15-16/h5-7,11,16H,2-4H2,1H3,(H,14,15). The lowest BCUT2D eigenvalue weighted by molar-refractivity contribution is 0.235. The number of nitrogens with one attached hydrogen (secondary N) is 1. The number of unbranched alkanes of at least 4 members (excludes halogenated alkanes) is 1. The predicted octanol–water partition coefficient (Wildman–Crippen LogP) is 3.31. The highest BCUT2D eigenvalue weighted by atomic mass is 35.5. The van der Waals surface area contributed by atoms with Gasteiger partial charge in [-0.2, -0.15) is 0 Å². The fraction of sp³-hybridized carbons (Fsp3) is 0.417. The number of benzene rings is 1. The molecule has 0 saturated heterocycles. The van der Waals surface area contributed by atoms with Gasteiger partial charge in [-0.1, -0.05) is 31.4 Å². The number of rotatable bonds is 3. The molecular weight excluding hydrogens is 224 g/mol. The zero-order valence-corrected chi connectivity index (χ0v) is 9.96. The predicted molar refractivity (Wildman–Crippen MR) is 65.2 cm³/mol. The molecule has 2 N–H and O–H groups in total. The third kappa shape index (κ3) is 2.06. The Balaban J connectivity index is 2.31. The van der Waals surface area contributed by atoms with Crippen LogP contribution in [-0.2, 0) is 0 Å². The van der Waals surface area contributed by atoms with Crippen LogP contribution in [0.25, 0.3) is 0 Å². The molecule has 1 aromatic carbocycles. The van der Waals surface area contributed by atoms with E-state index in [1.54, 1.807) is 0 Å². The third-order valence-electron chi connectivity index (χ3n) is 2.85. The highest BCUT2D eigenvalue weighted by Gasteiger charge is 2.24. The monoisotopic (exact) mass is 238 g/mol. The van der Waals surface area contributed by atoms with E-state index in [0.717, 1.165) is 35.4 Å². The molecule has 4 heteroatoms. The van der Waals surface area contributed by atoms with Crippen molar-refractivity contribution in [1.82, 2.24) is 5.48 Å². The highest BCUT2D eigenvalue weighted by molar-refractivity contribution is 6.30. The molecule has 0 bridgehead atoms. The van der Waals surface area contributed by atoms with E-state index in [1.807, 2.05) is 18.2 Å². The molecule has 1 aromatic rings. The number of halogens is 1. The van der Waals surface area contributed by atoms with E-state index in [0.29, 0.717) is 5.84 Å². The highest BCUT2D eigenvalue weighted by Crippen LogP contribution is 2.34. The Bertz CT molecular complexity index is 417. The summed E-state index contributed by atoms with van der Waals surface area (Å²) in [4.78, 5) is 4.45. The summed E-state index contributed by atoms with van der Waals surface area (Å²) in [6, 6.07) is 5.77. The molecule has 0 radical (unpaired) electrons. The van der Waals surface area contributed by atoms with Crippen molar-refractivity contribution < 1.29 is 5.21 Å². The fourth-order valence-electron chi connectivity index (χ4n) is 2.03. The lowest BCUT2D eigenvalue weighted by Gasteiger charge is -2.08. The van der Waals surface area contributed by atoms with Gasteiger partial charge >= 0.3 is 0 Å². The summed E-state index contributed by atoms with van der Waals surface area (Å²) in [5, 5.41) is 9.73. The van der Waals surface area contributed by atoms with Crippen LogP contribution in [0.15, 0.2) is 23.2 Å². The summed E-state index contributed by atoms with van der Waals surface area (Å²) in [7, 11) is 0. The molecule has 3 nitrogen and oxygen atoms in total. The van der Waals surface area contributed by atoms with Gasteiger partial charge in [0, 0.05) is 10.6 Å². The van der Waals surface area contributed by atoms with Crippen LogP contribution in [-0.4, -0.2) is 11.0 Å². The van der Waals surface area contributed by atoms with E-state index >= 15 is 0 Å². The van der Waals surface area contributed by atoms with Gasteiger partial charge in [0.1, 0.15) is 0 Å². The molecule has 1 aliphatic heterocycles. The molecule has 1 aliphatic rings. The number of aliphatic imine (C=N–C) groups is 1. The second-order valence-corrected chi connectivity index (χ2v) is 4.42. The van der Waals surface area contributed by atoms with E-state index in [2.05, 4.69) is 17.4 Å². The first-order chi connectivity index (χ1) is 7.76. The normalized spacial score (nSPS) is 18.2. The maximum Gasteiger partial charge on any atom is 0.153 e. The minimum absolute atomic E-state index is 0.128. The molecule has 1 heterocycles. The van der Waals surface area contributed by atoms with E-state index in [9.17, 15) is 0 Å². The van der Waals surface area contributed by atoms with E-state index in [4.69, 9.17) is 16.8 Å². The minimum atomic E-state index is 0.128. The van der Waals surface area contributed by atoms with Crippen molar-refractivity contribution in [3.05, 3.63) is 34.3 Å². The summed E-state index contributed by atoms with van der Waals surface area (Å²) in [5.74, 6) is 0.549. The maximum atomic E-state index is 9.01. The SMILES string of the molecule is CCCCC1N=C(NO)c2ccc(Cl)cc21. The average molecular weight is 239 g/mol. The third-order valence-corrected chi connectivity index (χ3v) is 3.08. The van der Waals surface area contributed by atoms with Gasteiger partial charge in [-0.15, -0.1) is 0 Å². The van der Waals surface area contributed by atoms with Gasteiger partial charge in [-0.3, -0.25) is 15.7 Å². The van der Waals surface area contributed by atoms with Gasteiger partial charge in [0.15, 0.2) is 5.84 Å². The number of hydrogen-bond acceptors (Lipinski definition) is 3. The number of fused-ring (bicyclic) bond motifs is 1. The van der Waals surface area contributed by atoms with Crippen molar-refractivity contribution in [3.8, 4) is 0 Å². The van der Waals surface area contributed by atoms with Crippen molar-refractivity contribution in [2.24, 2.45) is 4.99 Å².